The molecule has 5 rings (SSSR count). The smallest absolute Gasteiger partial charge is 0.309 e. The van der Waals surface area contributed by atoms with Crippen molar-refractivity contribution in [1.82, 2.24) is 0 Å². The van der Waals surface area contributed by atoms with Crippen LogP contribution in [0.2, 0.25) is 0 Å². The zero-order chi connectivity index (χ0) is 23.9. The Hall–Kier alpha value is -1.79. The number of ketones is 2. The van der Waals surface area contributed by atoms with Crippen LogP contribution >= 0.6 is 0 Å². The molecule has 0 unspecified atom stereocenters. The minimum absolute atomic E-state index is 0.0245. The molecule has 1 aliphatic heterocycles. The number of cyclic esters (lactones) is 1. The zero-order valence-corrected chi connectivity index (χ0v) is 20.0. The lowest BCUT2D eigenvalue weighted by atomic mass is 9.50. The molecule has 0 radical (unpaired) electrons. The number of ether oxygens (including phenoxy) is 1. The number of aliphatic hydroxyl groups excluding tert-OH is 1. The Balaban J connectivity index is 1.47. The summed E-state index contributed by atoms with van der Waals surface area (Å²) in [7, 11) is 0. The predicted molar refractivity (Wildman–Crippen MR) is 121 cm³/mol. The summed E-state index contributed by atoms with van der Waals surface area (Å²) >= 11 is 0. The van der Waals surface area contributed by atoms with Gasteiger partial charge in [-0.25, -0.2) is 0 Å². The molecule has 0 aromatic carbocycles. The van der Waals surface area contributed by atoms with Gasteiger partial charge in [0.25, 0.3) is 0 Å². The number of hydrogen-bond acceptors (Lipinski definition) is 6. The summed E-state index contributed by atoms with van der Waals surface area (Å²) in [6.45, 7) is 7.41. The third-order valence-corrected chi connectivity index (χ3v) is 10.2. The van der Waals surface area contributed by atoms with Crippen LogP contribution in [0.5, 0.6) is 0 Å². The first-order chi connectivity index (χ1) is 15.5. The van der Waals surface area contributed by atoms with Crippen LogP contribution in [0.15, 0.2) is 23.8 Å². The highest BCUT2D eigenvalue weighted by Gasteiger charge is 2.64. The van der Waals surface area contributed by atoms with Crippen LogP contribution in [-0.4, -0.2) is 45.6 Å². The highest BCUT2D eigenvalue weighted by atomic mass is 16.6. The van der Waals surface area contributed by atoms with Gasteiger partial charge in [-0.1, -0.05) is 32.1 Å². The second kappa shape index (κ2) is 7.61. The maximum Gasteiger partial charge on any atom is 0.309 e. The normalized spacial score (nSPS) is 48.8. The molecule has 0 spiro atoms. The Morgan fingerprint density at radius 3 is 2.58 bits per heavy atom. The second-order valence-corrected chi connectivity index (χ2v) is 11.7. The Labute approximate surface area is 195 Å². The van der Waals surface area contributed by atoms with Gasteiger partial charge in [-0.3, -0.25) is 14.4 Å². The maximum absolute atomic E-state index is 13.6. The van der Waals surface area contributed by atoms with Crippen molar-refractivity contribution in [2.75, 3.05) is 0 Å². The largest absolute Gasteiger partial charge is 0.459 e. The third kappa shape index (κ3) is 3.16. The molecule has 11 atom stereocenters. The van der Waals surface area contributed by atoms with Gasteiger partial charge in [-0.2, -0.15) is 0 Å². The molecule has 5 aliphatic rings. The lowest BCUT2D eigenvalue weighted by Gasteiger charge is -2.52. The van der Waals surface area contributed by atoms with Crippen molar-refractivity contribution < 1.29 is 29.3 Å². The molecule has 3 fully saturated rings. The van der Waals surface area contributed by atoms with E-state index in [1.165, 1.54) is 0 Å². The zero-order valence-electron chi connectivity index (χ0n) is 20.0. The molecule has 0 amide bonds. The average molecular weight is 457 g/mol. The molecule has 180 valence electrons. The first-order valence-corrected chi connectivity index (χ1v) is 12.5. The summed E-state index contributed by atoms with van der Waals surface area (Å²) < 4.78 is 5.64. The fraction of sp³-hybridized carbons (Fsp3) is 0.741. The fourth-order valence-corrected chi connectivity index (χ4v) is 7.93. The molecular weight excluding hydrogens is 420 g/mol. The van der Waals surface area contributed by atoms with E-state index in [0.29, 0.717) is 19.3 Å². The van der Waals surface area contributed by atoms with Gasteiger partial charge < -0.3 is 14.9 Å². The highest BCUT2D eigenvalue weighted by molar-refractivity contribution is 5.93. The van der Waals surface area contributed by atoms with Gasteiger partial charge >= 0.3 is 5.97 Å². The molecule has 2 N–H and O–H groups in total. The van der Waals surface area contributed by atoms with E-state index in [9.17, 15) is 24.6 Å². The number of rotatable bonds is 2. The van der Waals surface area contributed by atoms with E-state index in [0.717, 1.165) is 12.0 Å². The molecule has 2 saturated carbocycles. The van der Waals surface area contributed by atoms with E-state index in [1.807, 2.05) is 32.9 Å². The molecular formula is C27H36O6. The van der Waals surface area contributed by atoms with Gasteiger partial charge in [-0.15, -0.1) is 0 Å². The topological polar surface area (TPSA) is 101 Å². The quantitative estimate of drug-likeness (QED) is 0.620. The van der Waals surface area contributed by atoms with E-state index < -0.39 is 35.1 Å². The third-order valence-electron chi connectivity index (χ3n) is 10.2. The Bertz CT molecular complexity index is 946. The summed E-state index contributed by atoms with van der Waals surface area (Å²) in [5.74, 6) is -1.56. The lowest BCUT2D eigenvalue weighted by molar-refractivity contribution is -0.199. The van der Waals surface area contributed by atoms with Crippen molar-refractivity contribution in [3.8, 4) is 0 Å². The van der Waals surface area contributed by atoms with Crippen molar-refractivity contribution in [3.63, 3.8) is 0 Å². The van der Waals surface area contributed by atoms with Gasteiger partial charge in [0, 0.05) is 24.7 Å². The van der Waals surface area contributed by atoms with E-state index >= 15 is 0 Å². The second-order valence-electron chi connectivity index (χ2n) is 11.7. The van der Waals surface area contributed by atoms with Gasteiger partial charge in [0.1, 0.15) is 23.3 Å². The number of carbonyl (C=O) groups excluding carboxylic acids is 3. The summed E-state index contributed by atoms with van der Waals surface area (Å²) in [5, 5.41) is 22.9. The molecule has 1 heterocycles. The molecule has 4 aliphatic carbocycles. The molecule has 1 saturated heterocycles. The minimum Gasteiger partial charge on any atom is -0.459 e. The van der Waals surface area contributed by atoms with Gasteiger partial charge in [0.2, 0.25) is 0 Å². The number of carbonyl (C=O) groups is 3. The van der Waals surface area contributed by atoms with E-state index in [2.05, 4.69) is 6.08 Å². The molecule has 0 aromatic rings. The van der Waals surface area contributed by atoms with Gasteiger partial charge in [0.15, 0.2) is 0 Å². The lowest BCUT2D eigenvalue weighted by Crippen LogP contribution is -2.58. The Morgan fingerprint density at radius 2 is 1.88 bits per heavy atom. The van der Waals surface area contributed by atoms with Crippen LogP contribution in [0.25, 0.3) is 0 Å². The first kappa shape index (κ1) is 23.0. The number of allylic oxidation sites excluding steroid dienone is 4. The molecule has 0 bridgehead atoms. The molecule has 6 nitrogen and oxygen atoms in total. The summed E-state index contributed by atoms with van der Waals surface area (Å²) in [4.78, 5) is 39.1. The number of aliphatic hydroxyl groups is 2. The Morgan fingerprint density at radius 1 is 1.15 bits per heavy atom. The van der Waals surface area contributed by atoms with Crippen LogP contribution in [0, 0.1) is 46.8 Å². The monoisotopic (exact) mass is 456 g/mol. The van der Waals surface area contributed by atoms with E-state index in [-0.39, 0.29) is 53.5 Å². The fourth-order valence-electron chi connectivity index (χ4n) is 7.93. The van der Waals surface area contributed by atoms with Crippen LogP contribution in [0.4, 0.5) is 0 Å². The number of esters is 1. The Kier molecular flexibility index (Phi) is 5.30. The first-order valence-electron chi connectivity index (χ1n) is 12.5. The SMILES string of the molecule is C[C@@H]1C[C@@H]([C@@](C)(O)[C@H]2[C@@H]3C(=O)C[C@@H]4[C@H](CC=C5C=CCC(=O)[C@]54C)[C@H]3C[C@H]2O)OC(=O)[C@H]1C. The summed E-state index contributed by atoms with van der Waals surface area (Å²) in [6, 6.07) is 0. The number of fused-ring (bicyclic) bond motifs is 5. The van der Waals surface area contributed by atoms with Gasteiger partial charge in [0.05, 0.1) is 17.4 Å². The van der Waals surface area contributed by atoms with Crippen molar-refractivity contribution in [3.05, 3.63) is 23.8 Å². The predicted octanol–water partition coefficient (Wildman–Crippen LogP) is 3.01. The van der Waals surface area contributed by atoms with Crippen molar-refractivity contribution in [1.29, 1.82) is 0 Å². The van der Waals surface area contributed by atoms with Crippen molar-refractivity contribution >= 4 is 17.5 Å². The number of hydrogen-bond donors (Lipinski definition) is 2. The van der Waals surface area contributed by atoms with E-state index in [1.54, 1.807) is 6.92 Å². The summed E-state index contributed by atoms with van der Waals surface area (Å²) in [5.41, 5.74) is -1.14. The molecule has 33 heavy (non-hydrogen) atoms. The minimum atomic E-state index is -1.51. The average Bonchev–Trinajstić information content (AvgIpc) is 3.11. The van der Waals surface area contributed by atoms with Gasteiger partial charge in [-0.05, 0) is 62.4 Å². The highest BCUT2D eigenvalue weighted by Crippen LogP contribution is 2.61. The number of Topliss-reactive ketones (excluding diaryl/α,β-unsaturated/α-hetero) is 2. The van der Waals surface area contributed by atoms with Crippen molar-refractivity contribution in [2.45, 2.75) is 77.6 Å². The molecule has 6 heteroatoms. The van der Waals surface area contributed by atoms with E-state index in [4.69, 9.17) is 4.74 Å². The van der Waals surface area contributed by atoms with Crippen molar-refractivity contribution in [2.24, 2.45) is 46.8 Å². The standard InChI is InChI=1S/C27H36O6/c1-13-10-22(33-25(31)14(13)2)27(4,32)24-20(29)11-17-16-9-8-15-6-5-7-21(30)26(15,3)18(16)12-19(28)23(17)24/h5-6,8,13-14,16-18,20,22-24,29,32H,7,9-12H2,1-4H3/t13-,14+,16-,17-,18-,20-,22+,23+,24-,26-,27-/m1/s1. The van der Waals surface area contributed by atoms with Crippen LogP contribution in [-0.2, 0) is 19.1 Å². The van der Waals surface area contributed by atoms with Crippen LogP contribution < -0.4 is 0 Å². The van der Waals surface area contributed by atoms with Crippen LogP contribution in [0.3, 0.4) is 0 Å². The molecule has 0 aromatic heterocycles. The summed E-state index contributed by atoms with van der Waals surface area (Å²) in [6.07, 6.45) is 6.86. The van der Waals surface area contributed by atoms with Crippen LogP contribution in [0.1, 0.15) is 59.8 Å². The maximum atomic E-state index is 13.6.